The molecule has 1 aliphatic rings. The van der Waals surface area contributed by atoms with Crippen molar-refractivity contribution in [2.45, 2.75) is 38.8 Å². The Kier molecular flexibility index (Phi) is 3.64. The summed E-state index contributed by atoms with van der Waals surface area (Å²) in [6, 6.07) is 10.1. The van der Waals surface area contributed by atoms with Gasteiger partial charge in [-0.05, 0) is 11.0 Å². The first kappa shape index (κ1) is 14.6. The summed E-state index contributed by atoms with van der Waals surface area (Å²) in [5.41, 5.74) is 1.09. The Hall–Kier alpha value is -2.30. The highest BCUT2D eigenvalue weighted by Gasteiger charge is 2.26. The molecule has 116 valence electrons. The molecule has 0 fully saturated rings. The maximum absolute atomic E-state index is 11.2. The van der Waals surface area contributed by atoms with Gasteiger partial charge in [0.25, 0.3) is 17.3 Å². The van der Waals surface area contributed by atoms with Gasteiger partial charge in [-0.3, -0.25) is 9.36 Å². The van der Waals surface area contributed by atoms with Crippen LogP contribution in [0.15, 0.2) is 41.3 Å². The molecule has 1 aromatic carbocycles. The maximum Gasteiger partial charge on any atom is 0.300 e. The van der Waals surface area contributed by atoms with Gasteiger partial charge in [-0.25, -0.2) is 0 Å². The number of aliphatic hydroxyl groups is 1. The molecule has 0 amide bonds. The molecule has 3 rings (SSSR count). The normalized spacial score (nSPS) is 17.0. The molecule has 0 saturated heterocycles. The number of rotatable bonds is 3. The molecule has 1 aliphatic heterocycles. The zero-order chi connectivity index (χ0) is 15.7. The fourth-order valence-corrected chi connectivity index (χ4v) is 2.42. The zero-order valence-electron chi connectivity index (χ0n) is 13.1. The van der Waals surface area contributed by atoms with E-state index in [4.69, 9.17) is 4.74 Å². The van der Waals surface area contributed by atoms with Crippen molar-refractivity contribution in [1.29, 1.82) is 0 Å². The molecule has 1 N–H and O–H groups in total. The van der Waals surface area contributed by atoms with Crippen LogP contribution in [0.3, 0.4) is 0 Å². The van der Waals surface area contributed by atoms with Crippen molar-refractivity contribution in [3.05, 3.63) is 52.4 Å². The van der Waals surface area contributed by atoms with Crippen molar-refractivity contribution in [1.82, 2.24) is 9.55 Å². The minimum atomic E-state index is -0.276. The van der Waals surface area contributed by atoms with Crippen LogP contribution < -0.4 is 10.3 Å². The molecule has 1 unspecified atom stereocenters. The molecule has 5 nitrogen and oxygen atoms in total. The van der Waals surface area contributed by atoms with Crippen molar-refractivity contribution < 1.29 is 9.47 Å². The summed E-state index contributed by atoms with van der Waals surface area (Å²) in [6.45, 7) is 7.78. The minimum Gasteiger partial charge on any atom is -0.580 e. The van der Waals surface area contributed by atoms with Crippen LogP contribution in [0, 0.1) is 0 Å². The van der Waals surface area contributed by atoms with Crippen molar-refractivity contribution in [3.8, 4) is 11.8 Å². The van der Waals surface area contributed by atoms with Gasteiger partial charge in [0.05, 0.1) is 6.54 Å². The second kappa shape index (κ2) is 5.48. The number of aromatic nitrogens is 2. The standard InChI is InChI=1S/C17H20N2O3/c1-17(2,3)12-5-4-6-13(9-12)21-11-14-10-19-8-7-15(20)18-16(19)22-14/h4-9,14H,10-11H2,1-3H3/p+1. The molecule has 1 aromatic heterocycles. The van der Waals surface area contributed by atoms with Gasteiger partial charge in [0.2, 0.25) is 6.61 Å². The fourth-order valence-electron chi connectivity index (χ4n) is 2.42. The van der Waals surface area contributed by atoms with Crippen LogP contribution in [-0.4, -0.2) is 27.0 Å². The number of aromatic hydroxyl groups is 1. The summed E-state index contributed by atoms with van der Waals surface area (Å²) in [6.07, 6.45) is 1.64. The maximum atomic E-state index is 11.2. The lowest BCUT2D eigenvalue weighted by Gasteiger charge is -2.19. The lowest BCUT2D eigenvalue weighted by atomic mass is 9.87. The number of ether oxygens (including phenoxy) is 2. The molecule has 0 bridgehead atoms. The van der Waals surface area contributed by atoms with Gasteiger partial charge >= 0.3 is 0 Å². The van der Waals surface area contributed by atoms with E-state index in [1.807, 2.05) is 16.7 Å². The minimum absolute atomic E-state index is 0.0763. The second-order valence-electron chi connectivity index (χ2n) is 6.58. The van der Waals surface area contributed by atoms with Gasteiger partial charge in [-0.15, -0.1) is 0 Å². The fraction of sp³-hybridized carbons (Fsp3) is 0.412. The Bertz CT molecular complexity index is 731. The van der Waals surface area contributed by atoms with Crippen LogP contribution in [0.5, 0.6) is 11.8 Å². The Labute approximate surface area is 129 Å². The smallest absolute Gasteiger partial charge is 0.300 e. The van der Waals surface area contributed by atoms with E-state index < -0.39 is 0 Å². The number of hydrogen-bond donors (Lipinski definition) is 0. The van der Waals surface area contributed by atoms with Crippen LogP contribution in [0.2, 0.25) is 0 Å². The van der Waals surface area contributed by atoms with E-state index in [1.165, 1.54) is 11.6 Å². The highest BCUT2D eigenvalue weighted by Crippen LogP contribution is 2.26. The van der Waals surface area contributed by atoms with E-state index in [2.05, 4.69) is 42.6 Å². The first-order valence-corrected chi connectivity index (χ1v) is 7.44. The van der Waals surface area contributed by atoms with E-state index in [0.717, 1.165) is 5.75 Å². The summed E-state index contributed by atoms with van der Waals surface area (Å²) in [5.74, 6) is 0.953. The Morgan fingerprint density at radius 2 is 2.18 bits per heavy atom. The van der Waals surface area contributed by atoms with E-state index in [0.29, 0.717) is 19.2 Å². The third-order valence-corrected chi connectivity index (χ3v) is 3.71. The third-order valence-electron chi connectivity index (χ3n) is 3.71. The summed E-state index contributed by atoms with van der Waals surface area (Å²) < 4.78 is 12.1. The molecule has 22 heavy (non-hydrogen) atoms. The van der Waals surface area contributed by atoms with Crippen LogP contribution in [0.4, 0.5) is 0 Å². The Morgan fingerprint density at radius 1 is 1.36 bits per heavy atom. The van der Waals surface area contributed by atoms with Gasteiger partial charge in [-0.1, -0.05) is 32.9 Å². The average Bonchev–Trinajstić information content (AvgIpc) is 2.86. The van der Waals surface area contributed by atoms with E-state index >= 15 is 0 Å². The highest BCUT2D eigenvalue weighted by atomic mass is 16.6. The number of fused-ring (bicyclic) bond motifs is 1. The predicted molar refractivity (Wildman–Crippen MR) is 84.6 cm³/mol. The first-order valence-electron chi connectivity index (χ1n) is 7.44. The lowest BCUT2D eigenvalue weighted by molar-refractivity contribution is 0.00635. The Morgan fingerprint density at radius 3 is 2.95 bits per heavy atom. The average molecular weight is 301 g/mol. The quantitative estimate of drug-likeness (QED) is 0.817. The monoisotopic (exact) mass is 301 g/mol. The Balaban J connectivity index is 1.64. The van der Waals surface area contributed by atoms with Crippen LogP contribution in [0.25, 0.3) is 0 Å². The highest BCUT2D eigenvalue weighted by molar-refractivity contribution is 5.32. The molecule has 0 spiro atoms. The second-order valence-corrected chi connectivity index (χ2v) is 6.58. The van der Waals surface area contributed by atoms with Crippen LogP contribution in [-0.2, 0) is 12.0 Å². The number of benzene rings is 1. The largest absolute Gasteiger partial charge is 0.580 e. The molecule has 0 aliphatic carbocycles. The van der Waals surface area contributed by atoms with Crippen LogP contribution >= 0.6 is 0 Å². The van der Waals surface area contributed by atoms with E-state index in [-0.39, 0.29) is 17.1 Å². The molecule has 0 radical (unpaired) electrons. The van der Waals surface area contributed by atoms with E-state index in [9.17, 15) is 4.79 Å². The van der Waals surface area contributed by atoms with Gasteiger partial charge in [0.15, 0.2) is 6.10 Å². The summed E-state index contributed by atoms with van der Waals surface area (Å²) in [4.78, 5) is 15.1. The molecular weight excluding hydrogens is 280 g/mol. The van der Waals surface area contributed by atoms with Gasteiger partial charge in [-0.2, -0.15) is 4.98 Å². The molecule has 2 heterocycles. The number of hydrogen-bond acceptors (Lipinski definition) is 3. The summed E-state index contributed by atoms with van der Waals surface area (Å²) in [7, 11) is 0. The molecule has 0 saturated carbocycles. The SMILES string of the molecule is CC(C)(C)c1cccc([OH+]CC2Cn3ccc(=O)nc3O2)c1. The molecule has 2 aromatic rings. The lowest BCUT2D eigenvalue weighted by Crippen LogP contribution is -2.22. The topological polar surface area (TPSA) is 56.9 Å². The molecule has 5 heteroatoms. The van der Waals surface area contributed by atoms with Gasteiger partial charge in [0, 0.05) is 24.4 Å². The van der Waals surface area contributed by atoms with Gasteiger partial charge < -0.3 is 9.47 Å². The van der Waals surface area contributed by atoms with E-state index in [1.54, 1.807) is 6.20 Å². The summed E-state index contributed by atoms with van der Waals surface area (Å²) >= 11 is 0. The number of nitrogens with zero attached hydrogens (tertiary/aromatic N) is 2. The molecule has 1 atom stereocenters. The van der Waals surface area contributed by atoms with Crippen molar-refractivity contribution >= 4 is 0 Å². The first-order chi connectivity index (χ1) is 10.4. The predicted octanol–water partition coefficient (Wildman–Crippen LogP) is 2.24. The van der Waals surface area contributed by atoms with Gasteiger partial charge in [0.1, 0.15) is 0 Å². The van der Waals surface area contributed by atoms with Crippen molar-refractivity contribution in [2.75, 3.05) is 6.61 Å². The zero-order valence-corrected chi connectivity index (χ0v) is 13.1. The van der Waals surface area contributed by atoms with Crippen LogP contribution in [0.1, 0.15) is 26.3 Å². The summed E-state index contributed by atoms with van der Waals surface area (Å²) in [5, 5.41) is 0. The van der Waals surface area contributed by atoms with Crippen molar-refractivity contribution in [2.24, 2.45) is 0 Å². The third kappa shape index (κ3) is 3.13. The van der Waals surface area contributed by atoms with Crippen molar-refractivity contribution in [3.63, 3.8) is 0 Å². The molecular formula is C17H21N2O3+.